The SMILES string of the molecule is COc1cccc(F)c1C(=O)NCC1(C(=O)O)CC1. The summed E-state index contributed by atoms with van der Waals surface area (Å²) < 4.78 is 18.5. The predicted molar refractivity (Wildman–Crippen MR) is 64.6 cm³/mol. The van der Waals surface area contributed by atoms with Crippen LogP contribution >= 0.6 is 0 Å². The van der Waals surface area contributed by atoms with E-state index in [-0.39, 0.29) is 17.9 Å². The van der Waals surface area contributed by atoms with Crippen LogP contribution < -0.4 is 10.1 Å². The molecule has 0 bridgehead atoms. The summed E-state index contributed by atoms with van der Waals surface area (Å²) in [5, 5.41) is 11.5. The number of halogens is 1. The summed E-state index contributed by atoms with van der Waals surface area (Å²) in [6.45, 7) is -0.00133. The number of hydrogen-bond donors (Lipinski definition) is 2. The Morgan fingerprint density at radius 3 is 2.68 bits per heavy atom. The number of nitrogens with one attached hydrogen (secondary N) is 1. The van der Waals surface area contributed by atoms with Crippen molar-refractivity contribution in [3.05, 3.63) is 29.6 Å². The van der Waals surface area contributed by atoms with E-state index < -0.39 is 23.1 Å². The van der Waals surface area contributed by atoms with Crippen molar-refractivity contribution in [1.29, 1.82) is 0 Å². The first-order valence-electron chi connectivity index (χ1n) is 5.84. The van der Waals surface area contributed by atoms with E-state index in [1.807, 2.05) is 0 Å². The molecule has 0 aromatic heterocycles. The number of methoxy groups -OCH3 is 1. The van der Waals surface area contributed by atoms with Crippen molar-refractivity contribution in [1.82, 2.24) is 5.32 Å². The van der Waals surface area contributed by atoms with E-state index in [4.69, 9.17) is 9.84 Å². The summed E-state index contributed by atoms with van der Waals surface area (Å²) in [7, 11) is 1.34. The maximum atomic E-state index is 13.6. The highest BCUT2D eigenvalue weighted by Gasteiger charge is 2.50. The summed E-state index contributed by atoms with van der Waals surface area (Å²) in [5.41, 5.74) is -1.08. The molecule has 6 heteroatoms. The fourth-order valence-electron chi connectivity index (χ4n) is 1.85. The van der Waals surface area contributed by atoms with Crippen molar-refractivity contribution in [2.24, 2.45) is 5.41 Å². The smallest absolute Gasteiger partial charge is 0.311 e. The molecule has 1 aliphatic carbocycles. The molecule has 2 N–H and O–H groups in total. The van der Waals surface area contributed by atoms with Gasteiger partial charge >= 0.3 is 5.97 Å². The second-order valence-electron chi connectivity index (χ2n) is 4.59. The quantitative estimate of drug-likeness (QED) is 0.846. The lowest BCUT2D eigenvalue weighted by Gasteiger charge is -2.13. The second-order valence-corrected chi connectivity index (χ2v) is 4.59. The molecule has 0 atom stereocenters. The van der Waals surface area contributed by atoms with Crippen molar-refractivity contribution in [3.8, 4) is 5.75 Å². The van der Waals surface area contributed by atoms with Gasteiger partial charge < -0.3 is 15.2 Å². The van der Waals surface area contributed by atoms with Crippen LogP contribution in [0.5, 0.6) is 5.75 Å². The van der Waals surface area contributed by atoms with Crippen molar-refractivity contribution in [2.75, 3.05) is 13.7 Å². The molecular weight excluding hydrogens is 253 g/mol. The maximum Gasteiger partial charge on any atom is 0.311 e. The lowest BCUT2D eigenvalue weighted by Crippen LogP contribution is -2.34. The van der Waals surface area contributed by atoms with Crippen molar-refractivity contribution >= 4 is 11.9 Å². The van der Waals surface area contributed by atoms with Gasteiger partial charge in [-0.25, -0.2) is 4.39 Å². The Balaban J connectivity index is 2.11. The van der Waals surface area contributed by atoms with E-state index in [2.05, 4.69) is 5.32 Å². The highest BCUT2D eigenvalue weighted by atomic mass is 19.1. The van der Waals surface area contributed by atoms with Crippen molar-refractivity contribution in [2.45, 2.75) is 12.8 Å². The van der Waals surface area contributed by atoms with Crippen LogP contribution in [-0.4, -0.2) is 30.6 Å². The number of rotatable bonds is 5. The van der Waals surface area contributed by atoms with Crippen LogP contribution in [0, 0.1) is 11.2 Å². The van der Waals surface area contributed by atoms with Crippen molar-refractivity contribution < 1.29 is 23.8 Å². The van der Waals surface area contributed by atoms with Gasteiger partial charge in [-0.2, -0.15) is 0 Å². The van der Waals surface area contributed by atoms with Crippen LogP contribution in [0.4, 0.5) is 4.39 Å². The zero-order chi connectivity index (χ0) is 14.0. The zero-order valence-corrected chi connectivity index (χ0v) is 10.4. The van der Waals surface area contributed by atoms with Gasteiger partial charge in [0.25, 0.3) is 5.91 Å². The summed E-state index contributed by atoms with van der Waals surface area (Å²) in [5.74, 6) is -2.18. The third-order valence-corrected chi connectivity index (χ3v) is 3.32. The minimum Gasteiger partial charge on any atom is -0.496 e. The molecule has 2 rings (SSSR count). The van der Waals surface area contributed by atoms with Crippen LogP contribution in [0.2, 0.25) is 0 Å². The van der Waals surface area contributed by atoms with Crippen LogP contribution in [0.1, 0.15) is 23.2 Å². The largest absolute Gasteiger partial charge is 0.496 e. The van der Waals surface area contributed by atoms with E-state index in [9.17, 15) is 14.0 Å². The normalized spacial score (nSPS) is 15.7. The van der Waals surface area contributed by atoms with Gasteiger partial charge in [0, 0.05) is 6.54 Å². The number of ether oxygens (including phenoxy) is 1. The van der Waals surface area contributed by atoms with E-state index in [0.29, 0.717) is 12.8 Å². The Bertz CT molecular complexity index is 525. The Labute approximate surface area is 109 Å². The monoisotopic (exact) mass is 267 g/mol. The average Bonchev–Trinajstić information content (AvgIpc) is 3.16. The number of carboxylic acids is 1. The number of carbonyl (C=O) groups excluding carboxylic acids is 1. The molecule has 1 aliphatic rings. The number of hydrogen-bond acceptors (Lipinski definition) is 3. The Morgan fingerprint density at radius 1 is 1.47 bits per heavy atom. The van der Waals surface area contributed by atoms with Gasteiger partial charge in [0.15, 0.2) is 0 Å². The van der Waals surface area contributed by atoms with Crippen LogP contribution in [0.3, 0.4) is 0 Å². The van der Waals surface area contributed by atoms with Gasteiger partial charge in [-0.05, 0) is 25.0 Å². The lowest BCUT2D eigenvalue weighted by atomic mass is 10.1. The molecule has 0 aliphatic heterocycles. The number of carbonyl (C=O) groups is 2. The van der Waals surface area contributed by atoms with Crippen LogP contribution in [-0.2, 0) is 4.79 Å². The molecule has 0 spiro atoms. The Kier molecular flexibility index (Phi) is 3.42. The minimum absolute atomic E-state index is 0.00133. The highest BCUT2D eigenvalue weighted by molar-refractivity contribution is 5.97. The zero-order valence-electron chi connectivity index (χ0n) is 10.4. The van der Waals surface area contributed by atoms with Gasteiger partial charge in [-0.1, -0.05) is 6.07 Å². The fraction of sp³-hybridized carbons (Fsp3) is 0.385. The lowest BCUT2D eigenvalue weighted by molar-refractivity contribution is -0.143. The molecule has 0 radical (unpaired) electrons. The maximum absolute atomic E-state index is 13.6. The Hall–Kier alpha value is -2.11. The van der Waals surface area contributed by atoms with Gasteiger partial charge in [0.2, 0.25) is 0 Å². The summed E-state index contributed by atoms with van der Waals surface area (Å²) >= 11 is 0. The summed E-state index contributed by atoms with van der Waals surface area (Å²) in [6.07, 6.45) is 1.05. The fourth-order valence-corrected chi connectivity index (χ4v) is 1.85. The molecule has 0 saturated heterocycles. The molecule has 1 saturated carbocycles. The molecule has 0 heterocycles. The molecule has 102 valence electrons. The molecule has 5 nitrogen and oxygen atoms in total. The standard InChI is InChI=1S/C13H14FNO4/c1-19-9-4-2-3-8(14)10(9)11(16)15-7-13(5-6-13)12(17)18/h2-4H,5-7H2,1H3,(H,15,16)(H,17,18). The highest BCUT2D eigenvalue weighted by Crippen LogP contribution is 2.45. The predicted octanol–water partition coefficient (Wildman–Crippen LogP) is 1.43. The van der Waals surface area contributed by atoms with Gasteiger partial charge in [0.1, 0.15) is 17.1 Å². The van der Waals surface area contributed by atoms with Gasteiger partial charge in [0.05, 0.1) is 12.5 Å². The molecule has 1 aromatic carbocycles. The first-order valence-corrected chi connectivity index (χ1v) is 5.84. The third-order valence-electron chi connectivity index (χ3n) is 3.32. The molecule has 19 heavy (non-hydrogen) atoms. The van der Waals surface area contributed by atoms with Crippen LogP contribution in [0.15, 0.2) is 18.2 Å². The topological polar surface area (TPSA) is 75.6 Å². The first-order chi connectivity index (χ1) is 9.00. The van der Waals surface area contributed by atoms with Gasteiger partial charge in [-0.15, -0.1) is 0 Å². The van der Waals surface area contributed by atoms with E-state index in [1.54, 1.807) is 0 Å². The summed E-state index contributed by atoms with van der Waals surface area (Å²) in [6, 6.07) is 4.06. The third kappa shape index (κ3) is 2.52. The number of amides is 1. The van der Waals surface area contributed by atoms with Gasteiger partial charge in [-0.3, -0.25) is 9.59 Å². The number of carboxylic acid groups (broad SMARTS) is 1. The average molecular weight is 267 g/mol. The van der Waals surface area contributed by atoms with Crippen molar-refractivity contribution in [3.63, 3.8) is 0 Å². The molecule has 1 fully saturated rings. The number of aliphatic carboxylic acids is 1. The molecule has 1 aromatic rings. The first kappa shape index (κ1) is 13.3. The second kappa shape index (κ2) is 4.87. The van der Waals surface area contributed by atoms with E-state index >= 15 is 0 Å². The molecular formula is C13H14FNO4. The molecule has 0 unspecified atom stereocenters. The van der Waals surface area contributed by atoms with Crippen LogP contribution in [0.25, 0.3) is 0 Å². The van der Waals surface area contributed by atoms with E-state index in [1.165, 1.54) is 19.2 Å². The minimum atomic E-state index is -0.937. The number of benzene rings is 1. The Morgan fingerprint density at radius 2 is 2.16 bits per heavy atom. The molecule has 1 amide bonds. The van der Waals surface area contributed by atoms with E-state index in [0.717, 1.165) is 6.07 Å². The summed E-state index contributed by atoms with van der Waals surface area (Å²) in [4.78, 5) is 22.9.